The lowest BCUT2D eigenvalue weighted by atomic mass is 9.64. The third-order valence-electron chi connectivity index (χ3n) is 17.8. The van der Waals surface area contributed by atoms with Gasteiger partial charge in [-0.25, -0.2) is 0 Å². The predicted octanol–water partition coefficient (Wildman–Crippen LogP) is 19.5. The van der Waals surface area contributed by atoms with Crippen LogP contribution >= 0.6 is 0 Å². The molecule has 0 radical (unpaired) electrons. The maximum Gasteiger partial charge on any atom is 0.0544 e. The topological polar surface area (TPSA) is 6.48 Å². The summed E-state index contributed by atoms with van der Waals surface area (Å²) in [6, 6.07) is 82.6. The van der Waals surface area contributed by atoms with Crippen LogP contribution in [0, 0.1) is 0 Å². The van der Waals surface area contributed by atoms with Crippen molar-refractivity contribution in [1.82, 2.24) is 0 Å². The van der Waals surface area contributed by atoms with E-state index in [0.29, 0.717) is 0 Å². The summed E-state index contributed by atoms with van der Waals surface area (Å²) in [6.45, 7) is 19.7. The molecule has 0 amide bonds. The lowest BCUT2D eigenvalue weighted by Crippen LogP contribution is -2.38. The first-order chi connectivity index (χ1) is 35.7. The number of nitrogens with zero attached hydrogens (tertiary/aromatic N) is 2. The van der Waals surface area contributed by atoms with Crippen LogP contribution in [0.1, 0.15) is 99.9 Å². The Morgan fingerprint density at radius 3 is 0.622 bits per heavy atom. The van der Waals surface area contributed by atoms with Crippen LogP contribution in [0.5, 0.6) is 0 Å². The molecule has 4 aliphatic heterocycles. The van der Waals surface area contributed by atoms with Gasteiger partial charge in [-0.05, 0) is 173 Å². The number of benzene rings is 10. The van der Waals surface area contributed by atoms with Crippen molar-refractivity contribution < 1.29 is 0 Å². The summed E-state index contributed by atoms with van der Waals surface area (Å²) in [6.07, 6.45) is 0. The van der Waals surface area contributed by atoms with Crippen molar-refractivity contribution in [3.63, 3.8) is 0 Å². The lowest BCUT2D eigenvalue weighted by Gasteiger charge is -2.50. The van der Waals surface area contributed by atoms with E-state index in [0.717, 1.165) is 0 Å². The third-order valence-corrected chi connectivity index (χ3v) is 17.8. The number of fused-ring (bicyclic) bond motifs is 8. The second-order valence-corrected chi connectivity index (χ2v) is 23.4. The van der Waals surface area contributed by atoms with Gasteiger partial charge in [0.1, 0.15) is 0 Å². The van der Waals surface area contributed by atoms with E-state index < -0.39 is 0 Å². The largest absolute Gasteiger partial charge is 0.309 e. The Morgan fingerprint density at radius 1 is 0.203 bits per heavy atom. The quantitative estimate of drug-likeness (QED) is 0.170. The molecule has 0 atom stereocenters. The minimum Gasteiger partial charge on any atom is -0.309 e. The molecule has 0 spiro atoms. The van der Waals surface area contributed by atoms with Crippen LogP contribution in [0.25, 0.3) is 55.6 Å². The van der Waals surface area contributed by atoms with E-state index in [2.05, 4.69) is 284 Å². The molecule has 10 aromatic rings. The van der Waals surface area contributed by atoms with E-state index in [9.17, 15) is 0 Å². The van der Waals surface area contributed by atoms with Gasteiger partial charge in [0.2, 0.25) is 0 Å². The van der Waals surface area contributed by atoms with E-state index in [4.69, 9.17) is 0 Å². The van der Waals surface area contributed by atoms with Crippen LogP contribution < -0.4 is 9.80 Å². The van der Waals surface area contributed by atoms with Crippen LogP contribution in [0.4, 0.5) is 34.1 Å². The third kappa shape index (κ3) is 6.30. The van der Waals surface area contributed by atoms with Crippen molar-refractivity contribution in [2.45, 2.75) is 77.0 Å². The first-order valence-electron chi connectivity index (χ1n) is 26.5. The number of rotatable bonds is 5. The fraction of sp³-hybridized carbons (Fsp3) is 0.167. The molecule has 4 heterocycles. The summed E-state index contributed by atoms with van der Waals surface area (Å²) in [5.74, 6) is 0. The van der Waals surface area contributed by atoms with Gasteiger partial charge in [-0.3, -0.25) is 0 Å². The van der Waals surface area contributed by atoms with Crippen LogP contribution in [-0.4, -0.2) is 0 Å². The zero-order valence-corrected chi connectivity index (χ0v) is 43.7. The Kier molecular flexibility index (Phi) is 9.41. The molecule has 0 aliphatic carbocycles. The molecule has 0 fully saturated rings. The average Bonchev–Trinajstić information content (AvgIpc) is 3.56. The Labute approximate surface area is 437 Å². The van der Waals surface area contributed by atoms with E-state index in [-0.39, 0.29) is 21.7 Å². The smallest absolute Gasteiger partial charge is 0.0544 e. The van der Waals surface area contributed by atoms with Crippen molar-refractivity contribution in [1.29, 1.82) is 0 Å². The predicted molar refractivity (Wildman–Crippen MR) is 312 cm³/mol. The normalized spacial score (nSPS) is 16.2. The molecule has 0 aromatic heterocycles. The minimum absolute atomic E-state index is 0.328. The summed E-state index contributed by atoms with van der Waals surface area (Å²) in [4.78, 5) is 5.23. The maximum atomic E-state index is 2.61. The monoisotopic (exact) mass is 952 g/mol. The average molecular weight is 953 g/mol. The molecule has 10 aromatic carbocycles. The van der Waals surface area contributed by atoms with Crippen molar-refractivity contribution >= 4 is 34.1 Å². The molecule has 358 valence electrons. The second-order valence-electron chi connectivity index (χ2n) is 23.4. The summed E-state index contributed by atoms with van der Waals surface area (Å²) >= 11 is 0. The van der Waals surface area contributed by atoms with E-state index in [1.807, 2.05) is 0 Å². The fourth-order valence-electron chi connectivity index (χ4n) is 13.5. The number of hydrogen-bond donors (Lipinski definition) is 0. The van der Waals surface area contributed by atoms with Crippen LogP contribution in [0.15, 0.2) is 218 Å². The van der Waals surface area contributed by atoms with Gasteiger partial charge in [-0.1, -0.05) is 201 Å². The number of anilines is 6. The first kappa shape index (κ1) is 44.5. The summed E-state index contributed by atoms with van der Waals surface area (Å²) in [5, 5.41) is 0. The van der Waals surface area contributed by atoms with Crippen molar-refractivity contribution in [2.24, 2.45) is 0 Å². The Morgan fingerprint density at radius 2 is 0.405 bits per heavy atom. The van der Waals surface area contributed by atoms with Crippen molar-refractivity contribution in [2.75, 3.05) is 9.80 Å². The van der Waals surface area contributed by atoms with Gasteiger partial charge in [0.05, 0.1) is 34.1 Å². The molecular formula is C72H60N2. The number of hydrogen-bond acceptors (Lipinski definition) is 2. The summed E-state index contributed by atoms with van der Waals surface area (Å²) < 4.78 is 0. The summed E-state index contributed by atoms with van der Waals surface area (Å²) in [7, 11) is 0. The second kappa shape index (κ2) is 15.7. The highest BCUT2D eigenvalue weighted by atomic mass is 15.2. The SMILES string of the molecule is CC1(C)c2cc(-c3ccccc3)ccc2N2c3ccc(-c4ccccc4)cc3C(C)(C)c3cc(-c4cc5c6c(c4)C(C)(C)c4cc(-c7ccccc7)ccc4N6c4ccc(-c6ccccc6)cc4C5(C)C)cc1c32. The molecule has 14 rings (SSSR count). The summed E-state index contributed by atoms with van der Waals surface area (Å²) in [5.41, 5.74) is 29.5. The Bertz CT molecular complexity index is 3430. The van der Waals surface area contributed by atoms with Crippen molar-refractivity contribution in [3.05, 3.63) is 263 Å². The van der Waals surface area contributed by atoms with Gasteiger partial charge in [0.15, 0.2) is 0 Å². The standard InChI is InChI=1S/C72H60N2/c1-69(2)55-37-49(45-21-13-9-14-22-45)29-33-63(55)73-64-34-30-50(46-23-15-10-16-24-46)38-56(64)70(3,4)60-42-53(41-59(69)67(60)73)54-43-61-68-62(44-54)72(7,8)58-40-52(48-27-19-12-20-28-48)32-36-66(58)74(68)65-35-31-51(39-57(65)71(61,5)6)47-25-17-11-18-26-47/h9-44H,1-8H3. The van der Waals surface area contributed by atoms with Gasteiger partial charge in [-0.15, -0.1) is 0 Å². The van der Waals surface area contributed by atoms with Crippen LogP contribution in [0.3, 0.4) is 0 Å². The molecule has 2 nitrogen and oxygen atoms in total. The van der Waals surface area contributed by atoms with Gasteiger partial charge < -0.3 is 9.80 Å². The molecule has 2 heteroatoms. The molecule has 74 heavy (non-hydrogen) atoms. The van der Waals surface area contributed by atoms with E-state index in [1.165, 1.54) is 134 Å². The van der Waals surface area contributed by atoms with E-state index >= 15 is 0 Å². The highest BCUT2D eigenvalue weighted by Gasteiger charge is 2.49. The Balaban J connectivity index is 1.03. The molecule has 0 saturated heterocycles. The fourth-order valence-corrected chi connectivity index (χ4v) is 13.5. The molecular weight excluding hydrogens is 893 g/mol. The van der Waals surface area contributed by atoms with Crippen molar-refractivity contribution in [3.8, 4) is 55.6 Å². The van der Waals surface area contributed by atoms with Crippen LogP contribution in [0.2, 0.25) is 0 Å². The molecule has 0 N–H and O–H groups in total. The molecule has 0 saturated carbocycles. The zero-order valence-electron chi connectivity index (χ0n) is 43.7. The molecule has 0 bridgehead atoms. The van der Waals surface area contributed by atoms with E-state index in [1.54, 1.807) is 0 Å². The van der Waals surface area contributed by atoms with Gasteiger partial charge in [-0.2, -0.15) is 0 Å². The zero-order chi connectivity index (χ0) is 50.5. The Hall–Kier alpha value is -8.20. The van der Waals surface area contributed by atoms with Gasteiger partial charge in [0, 0.05) is 21.7 Å². The maximum absolute atomic E-state index is 2.61. The molecule has 0 unspecified atom stereocenters. The highest BCUT2D eigenvalue weighted by Crippen LogP contribution is 2.64. The van der Waals surface area contributed by atoms with Gasteiger partial charge in [0.25, 0.3) is 0 Å². The highest BCUT2D eigenvalue weighted by molar-refractivity contribution is 5.99. The minimum atomic E-state index is -0.328. The van der Waals surface area contributed by atoms with Gasteiger partial charge >= 0.3 is 0 Å². The first-order valence-corrected chi connectivity index (χ1v) is 26.5. The molecule has 4 aliphatic rings. The van der Waals surface area contributed by atoms with Crippen LogP contribution in [-0.2, 0) is 21.7 Å². The lowest BCUT2D eigenvalue weighted by molar-refractivity contribution is 0.596.